The van der Waals surface area contributed by atoms with E-state index in [1.165, 1.54) is 0 Å². The molecule has 1 heterocycles. The average molecular weight is 377 g/mol. The highest BCUT2D eigenvalue weighted by molar-refractivity contribution is 9.10. The van der Waals surface area contributed by atoms with Gasteiger partial charge in [-0.15, -0.1) is 10.2 Å². The predicted molar refractivity (Wildman–Crippen MR) is 95.9 cm³/mol. The van der Waals surface area contributed by atoms with Gasteiger partial charge in [-0.2, -0.15) is 0 Å². The summed E-state index contributed by atoms with van der Waals surface area (Å²) in [5.74, 6) is 0.541. The second-order valence-corrected chi connectivity index (χ2v) is 6.06. The summed E-state index contributed by atoms with van der Waals surface area (Å²) in [6.45, 7) is 5.61. The van der Waals surface area contributed by atoms with E-state index in [0.717, 1.165) is 36.1 Å². The Bertz CT molecular complexity index is 639. The molecule has 2 rings (SSSR count). The fourth-order valence-electron chi connectivity index (χ4n) is 2.23. The molecule has 0 fully saturated rings. The fraction of sp³-hybridized carbons (Fsp3) is 0.353. The summed E-state index contributed by atoms with van der Waals surface area (Å²) < 4.78 is 0.944. The first kappa shape index (κ1) is 17.4. The van der Waals surface area contributed by atoms with Gasteiger partial charge in [-0.1, -0.05) is 26.0 Å². The van der Waals surface area contributed by atoms with E-state index in [-0.39, 0.29) is 5.91 Å². The van der Waals surface area contributed by atoms with Gasteiger partial charge in [0, 0.05) is 17.6 Å². The number of amides is 1. The van der Waals surface area contributed by atoms with E-state index < -0.39 is 0 Å². The number of rotatable bonds is 7. The molecule has 1 amide bonds. The Labute approximate surface area is 145 Å². The molecule has 0 saturated heterocycles. The van der Waals surface area contributed by atoms with E-state index in [9.17, 15) is 4.79 Å². The molecule has 0 aliphatic carbocycles. The number of nitrogens with one attached hydrogen (secondary N) is 1. The van der Waals surface area contributed by atoms with Crippen LogP contribution in [0.4, 0.5) is 11.5 Å². The number of aromatic nitrogens is 2. The Morgan fingerprint density at radius 3 is 2.35 bits per heavy atom. The second kappa shape index (κ2) is 8.62. The van der Waals surface area contributed by atoms with Gasteiger partial charge in [-0.3, -0.25) is 4.79 Å². The van der Waals surface area contributed by atoms with Crippen molar-refractivity contribution in [1.29, 1.82) is 0 Å². The largest absolute Gasteiger partial charge is 0.338 e. The van der Waals surface area contributed by atoms with Crippen LogP contribution in [0, 0.1) is 0 Å². The molecule has 0 aliphatic heterocycles. The van der Waals surface area contributed by atoms with Crippen molar-refractivity contribution in [2.45, 2.75) is 26.7 Å². The number of carbonyl (C=O) groups is 1. The van der Waals surface area contributed by atoms with Crippen LogP contribution < -0.4 is 5.32 Å². The van der Waals surface area contributed by atoms with Gasteiger partial charge in [-0.25, -0.2) is 0 Å². The van der Waals surface area contributed by atoms with Crippen LogP contribution in [-0.4, -0.2) is 34.1 Å². The van der Waals surface area contributed by atoms with Crippen molar-refractivity contribution in [2.75, 3.05) is 18.4 Å². The van der Waals surface area contributed by atoms with E-state index in [1.807, 2.05) is 29.2 Å². The normalized spacial score (nSPS) is 10.4. The van der Waals surface area contributed by atoms with Gasteiger partial charge in [-0.05, 0) is 53.0 Å². The maximum atomic E-state index is 12.4. The van der Waals surface area contributed by atoms with Crippen LogP contribution >= 0.6 is 15.9 Å². The summed E-state index contributed by atoms with van der Waals surface area (Å²) in [5.41, 5.74) is 1.28. The molecule has 0 radical (unpaired) electrons. The Morgan fingerprint density at radius 2 is 1.78 bits per heavy atom. The number of hydrogen-bond acceptors (Lipinski definition) is 4. The molecule has 122 valence electrons. The highest BCUT2D eigenvalue weighted by Crippen LogP contribution is 2.24. The lowest BCUT2D eigenvalue weighted by molar-refractivity contribution is 0.0748. The van der Waals surface area contributed by atoms with Crippen molar-refractivity contribution >= 4 is 33.3 Å². The molecule has 23 heavy (non-hydrogen) atoms. The molecular weight excluding hydrogens is 356 g/mol. The first-order valence-corrected chi connectivity index (χ1v) is 8.59. The molecule has 0 bridgehead atoms. The van der Waals surface area contributed by atoms with Gasteiger partial charge in [0.25, 0.3) is 5.91 Å². The molecule has 0 atom stereocenters. The lowest BCUT2D eigenvalue weighted by Crippen LogP contribution is -2.33. The number of nitrogens with zero attached hydrogens (tertiary/aromatic N) is 3. The van der Waals surface area contributed by atoms with Crippen molar-refractivity contribution in [3.05, 3.63) is 46.6 Å². The summed E-state index contributed by atoms with van der Waals surface area (Å²) in [5, 5.41) is 11.4. The van der Waals surface area contributed by atoms with E-state index >= 15 is 0 Å². The van der Waals surface area contributed by atoms with Crippen LogP contribution in [0.25, 0.3) is 0 Å². The minimum atomic E-state index is -0.0614. The molecule has 5 nitrogen and oxygen atoms in total. The van der Waals surface area contributed by atoms with Gasteiger partial charge in [0.1, 0.15) is 0 Å². The molecule has 0 unspecified atom stereocenters. The molecule has 1 N–H and O–H groups in total. The van der Waals surface area contributed by atoms with Gasteiger partial charge < -0.3 is 10.2 Å². The minimum absolute atomic E-state index is 0.0614. The highest BCUT2D eigenvalue weighted by Gasteiger charge is 2.16. The van der Waals surface area contributed by atoms with E-state index in [4.69, 9.17) is 0 Å². The molecule has 1 aromatic heterocycles. The molecule has 0 saturated carbocycles. The monoisotopic (exact) mass is 376 g/mol. The quantitative estimate of drug-likeness (QED) is 0.784. The van der Waals surface area contributed by atoms with E-state index in [2.05, 4.69) is 45.3 Å². The minimum Gasteiger partial charge on any atom is -0.338 e. The van der Waals surface area contributed by atoms with Crippen molar-refractivity contribution in [3.8, 4) is 0 Å². The molecule has 0 aliphatic rings. The predicted octanol–water partition coefficient (Wildman–Crippen LogP) is 4.24. The lowest BCUT2D eigenvalue weighted by Gasteiger charge is -2.20. The molecule has 1 aromatic carbocycles. The zero-order valence-corrected chi connectivity index (χ0v) is 15.0. The maximum Gasteiger partial charge on any atom is 0.274 e. The van der Waals surface area contributed by atoms with Crippen LogP contribution in [0.3, 0.4) is 0 Å². The lowest BCUT2D eigenvalue weighted by atomic mass is 10.3. The smallest absolute Gasteiger partial charge is 0.274 e. The highest BCUT2D eigenvalue weighted by atomic mass is 79.9. The van der Waals surface area contributed by atoms with Crippen LogP contribution in [-0.2, 0) is 0 Å². The van der Waals surface area contributed by atoms with E-state index in [0.29, 0.717) is 11.5 Å². The molecule has 6 heteroatoms. The summed E-state index contributed by atoms with van der Waals surface area (Å²) in [6.07, 6.45) is 1.86. The third kappa shape index (κ3) is 4.76. The first-order valence-electron chi connectivity index (χ1n) is 7.80. The van der Waals surface area contributed by atoms with Crippen LogP contribution in [0.1, 0.15) is 37.2 Å². The zero-order chi connectivity index (χ0) is 16.7. The van der Waals surface area contributed by atoms with Crippen LogP contribution in [0.2, 0.25) is 0 Å². The number of carbonyl (C=O) groups excluding carboxylic acids is 1. The van der Waals surface area contributed by atoms with Crippen LogP contribution in [0.15, 0.2) is 40.9 Å². The Hall–Kier alpha value is -1.95. The van der Waals surface area contributed by atoms with Gasteiger partial charge in [0.05, 0.1) is 5.69 Å². The number of halogens is 1. The third-order valence-electron chi connectivity index (χ3n) is 3.29. The van der Waals surface area contributed by atoms with Crippen LogP contribution in [0.5, 0.6) is 0 Å². The molecular formula is C17H21BrN4O. The van der Waals surface area contributed by atoms with Crippen molar-refractivity contribution < 1.29 is 4.79 Å². The van der Waals surface area contributed by atoms with Crippen molar-refractivity contribution in [3.63, 3.8) is 0 Å². The zero-order valence-electron chi connectivity index (χ0n) is 13.4. The Morgan fingerprint density at radius 1 is 1.09 bits per heavy atom. The van der Waals surface area contributed by atoms with Gasteiger partial charge in [0.2, 0.25) is 0 Å². The van der Waals surface area contributed by atoms with Gasteiger partial charge >= 0.3 is 0 Å². The van der Waals surface area contributed by atoms with E-state index in [1.54, 1.807) is 12.1 Å². The maximum absolute atomic E-state index is 12.4. The number of hydrogen-bond donors (Lipinski definition) is 1. The molecule has 2 aromatic rings. The summed E-state index contributed by atoms with van der Waals surface area (Å²) in [7, 11) is 0. The topological polar surface area (TPSA) is 58.1 Å². The number of para-hydroxylation sites is 1. The van der Waals surface area contributed by atoms with Crippen molar-refractivity contribution in [2.24, 2.45) is 0 Å². The van der Waals surface area contributed by atoms with Crippen molar-refractivity contribution in [1.82, 2.24) is 15.1 Å². The average Bonchev–Trinajstić information content (AvgIpc) is 2.57. The summed E-state index contributed by atoms with van der Waals surface area (Å²) in [4.78, 5) is 14.3. The third-order valence-corrected chi connectivity index (χ3v) is 3.99. The summed E-state index contributed by atoms with van der Waals surface area (Å²) in [6, 6.07) is 11.3. The Kier molecular flexibility index (Phi) is 6.52. The SMILES string of the molecule is CCCN(CCC)C(=O)c1ccc(Nc2ccccc2Br)nn1. The van der Waals surface area contributed by atoms with Gasteiger partial charge in [0.15, 0.2) is 11.5 Å². The second-order valence-electron chi connectivity index (χ2n) is 5.20. The number of anilines is 2. The molecule has 0 spiro atoms. The number of benzene rings is 1. The summed E-state index contributed by atoms with van der Waals surface area (Å²) >= 11 is 3.47. The standard InChI is InChI=1S/C17H21BrN4O/c1-3-11-22(12-4-2)17(23)15-9-10-16(21-20-15)19-14-8-6-5-7-13(14)18/h5-10H,3-4,11-12H2,1-2H3,(H,19,21). The fourth-order valence-corrected chi connectivity index (χ4v) is 2.61. The first-order chi connectivity index (χ1) is 11.2. The Balaban J connectivity index is 2.09.